The number of hydrogen-bond acceptors (Lipinski definition) is 5. The molecule has 2 aliphatic rings. The molecule has 4 atom stereocenters. The van der Waals surface area contributed by atoms with Crippen LogP contribution in [0.2, 0.25) is 0 Å². The van der Waals surface area contributed by atoms with Gasteiger partial charge in [-0.15, -0.1) is 11.3 Å². The molecule has 2 aromatic rings. The smallest absolute Gasteiger partial charge is 0.341 e. The van der Waals surface area contributed by atoms with Crippen molar-refractivity contribution in [2.24, 2.45) is 23.7 Å². The lowest BCUT2D eigenvalue weighted by Gasteiger charge is -2.27. The first-order valence-electron chi connectivity index (χ1n) is 10.5. The van der Waals surface area contributed by atoms with Gasteiger partial charge in [0, 0.05) is 15.4 Å². The van der Waals surface area contributed by atoms with Crippen LogP contribution in [0.3, 0.4) is 0 Å². The predicted octanol–water partition coefficient (Wildman–Crippen LogP) is 5.43. The number of carboxylic acids is 1. The molecule has 2 saturated carbocycles. The fourth-order valence-electron chi connectivity index (χ4n) is 4.98. The summed E-state index contributed by atoms with van der Waals surface area (Å²) < 4.78 is 6.31. The zero-order valence-electron chi connectivity index (χ0n) is 17.1. The quantitative estimate of drug-likeness (QED) is 0.489. The summed E-state index contributed by atoms with van der Waals surface area (Å²) in [4.78, 5) is 37.9. The number of esters is 1. The Morgan fingerprint density at radius 2 is 1.84 bits per heavy atom. The molecule has 2 bridgehead atoms. The second-order valence-corrected chi connectivity index (χ2v) is 10.0. The van der Waals surface area contributed by atoms with E-state index in [0.29, 0.717) is 22.5 Å². The van der Waals surface area contributed by atoms with Gasteiger partial charge in [0.25, 0.3) is 0 Å². The highest BCUT2D eigenvalue weighted by atomic mass is 79.9. The van der Waals surface area contributed by atoms with E-state index in [2.05, 4.69) is 21.2 Å². The molecule has 164 valence electrons. The van der Waals surface area contributed by atoms with Gasteiger partial charge in [-0.25, -0.2) is 4.79 Å². The van der Waals surface area contributed by atoms with Crippen LogP contribution in [0.15, 0.2) is 34.1 Å². The molecule has 2 N–H and O–H groups in total. The van der Waals surface area contributed by atoms with E-state index in [1.54, 1.807) is 0 Å². The number of benzene rings is 1. The molecule has 0 spiro atoms. The number of hydrogen-bond donors (Lipinski definition) is 2. The summed E-state index contributed by atoms with van der Waals surface area (Å²) in [5.74, 6) is -2.76. The van der Waals surface area contributed by atoms with Gasteiger partial charge in [-0.1, -0.05) is 35.0 Å². The van der Waals surface area contributed by atoms with Crippen LogP contribution in [0.4, 0.5) is 5.00 Å². The zero-order chi connectivity index (χ0) is 22.1. The third-order valence-electron chi connectivity index (χ3n) is 6.33. The maximum absolute atomic E-state index is 13.2. The molecule has 31 heavy (non-hydrogen) atoms. The Kier molecular flexibility index (Phi) is 6.48. The minimum atomic E-state index is -0.906. The van der Waals surface area contributed by atoms with Crippen LogP contribution in [0.25, 0.3) is 11.1 Å². The van der Waals surface area contributed by atoms with Crippen molar-refractivity contribution in [2.45, 2.75) is 32.6 Å². The molecule has 8 heteroatoms. The molecule has 2 aliphatic carbocycles. The number of ether oxygens (including phenoxy) is 1. The molecule has 0 aliphatic heterocycles. The molecule has 1 amide bonds. The van der Waals surface area contributed by atoms with Crippen molar-refractivity contribution in [1.82, 2.24) is 0 Å². The van der Waals surface area contributed by atoms with Crippen molar-refractivity contribution >= 4 is 50.1 Å². The monoisotopic (exact) mass is 505 g/mol. The maximum Gasteiger partial charge on any atom is 0.341 e. The lowest BCUT2D eigenvalue weighted by Crippen LogP contribution is -2.38. The molecule has 1 heterocycles. The Morgan fingerprint density at radius 3 is 2.48 bits per heavy atom. The molecule has 4 rings (SSSR count). The number of carbonyl (C=O) groups excluding carboxylic acids is 2. The highest BCUT2D eigenvalue weighted by molar-refractivity contribution is 9.10. The number of carboxylic acid groups (broad SMARTS) is 1. The fraction of sp³-hybridized carbons (Fsp3) is 0.435. The number of amides is 1. The van der Waals surface area contributed by atoms with Gasteiger partial charge in [0.2, 0.25) is 5.91 Å². The van der Waals surface area contributed by atoms with Crippen LogP contribution in [0.1, 0.15) is 43.0 Å². The minimum absolute atomic E-state index is 0.0638. The molecule has 6 nitrogen and oxygen atoms in total. The van der Waals surface area contributed by atoms with Gasteiger partial charge < -0.3 is 15.2 Å². The summed E-state index contributed by atoms with van der Waals surface area (Å²) in [6.45, 7) is 2.20. The number of fused-ring (bicyclic) bond motifs is 2. The van der Waals surface area contributed by atoms with Gasteiger partial charge in [0.1, 0.15) is 10.6 Å². The van der Waals surface area contributed by atoms with Crippen molar-refractivity contribution in [2.75, 3.05) is 11.9 Å². The van der Waals surface area contributed by atoms with Crippen molar-refractivity contribution in [3.63, 3.8) is 0 Å². The first-order valence-corrected chi connectivity index (χ1v) is 12.2. The Labute approximate surface area is 193 Å². The van der Waals surface area contributed by atoms with E-state index in [1.807, 2.05) is 36.6 Å². The summed E-state index contributed by atoms with van der Waals surface area (Å²) in [5.41, 5.74) is 1.85. The number of thiophene rings is 1. The van der Waals surface area contributed by atoms with E-state index in [1.165, 1.54) is 11.3 Å². The number of nitrogens with one attached hydrogen (secondary N) is 1. The van der Waals surface area contributed by atoms with Crippen molar-refractivity contribution < 1.29 is 24.2 Å². The van der Waals surface area contributed by atoms with E-state index in [9.17, 15) is 19.5 Å². The van der Waals surface area contributed by atoms with Gasteiger partial charge in [-0.3, -0.25) is 9.59 Å². The lowest BCUT2D eigenvalue weighted by atomic mass is 9.79. The predicted molar refractivity (Wildman–Crippen MR) is 122 cm³/mol. The topological polar surface area (TPSA) is 92.7 Å². The minimum Gasteiger partial charge on any atom is -0.481 e. The molecule has 2 fully saturated rings. The highest BCUT2D eigenvalue weighted by Crippen LogP contribution is 2.53. The van der Waals surface area contributed by atoms with E-state index in [0.717, 1.165) is 29.3 Å². The molecule has 1 aromatic carbocycles. The van der Waals surface area contributed by atoms with Crippen molar-refractivity contribution in [1.29, 1.82) is 0 Å². The normalized spacial score (nSPS) is 24.2. The second kappa shape index (κ2) is 9.12. The van der Waals surface area contributed by atoms with Crippen LogP contribution in [0, 0.1) is 23.7 Å². The number of carbonyl (C=O) groups is 3. The summed E-state index contributed by atoms with van der Waals surface area (Å²) in [6, 6.07) is 7.56. The van der Waals surface area contributed by atoms with Gasteiger partial charge in [0.05, 0.1) is 18.4 Å². The third-order valence-corrected chi connectivity index (χ3v) is 7.75. The van der Waals surface area contributed by atoms with Crippen LogP contribution < -0.4 is 5.32 Å². The average Bonchev–Trinajstić information content (AvgIpc) is 3.47. The Bertz CT molecular complexity index is 1000. The Hall–Kier alpha value is -2.19. The maximum atomic E-state index is 13.2. The van der Waals surface area contributed by atoms with Crippen LogP contribution >= 0.6 is 27.3 Å². The van der Waals surface area contributed by atoms with Crippen LogP contribution in [0.5, 0.6) is 0 Å². The first kappa shape index (κ1) is 22.0. The molecule has 1 aromatic heterocycles. The number of anilines is 1. The zero-order valence-corrected chi connectivity index (χ0v) is 19.5. The average molecular weight is 506 g/mol. The molecule has 0 radical (unpaired) electrons. The van der Waals surface area contributed by atoms with Gasteiger partial charge in [-0.05, 0) is 55.2 Å². The van der Waals surface area contributed by atoms with Crippen molar-refractivity contribution in [3.8, 4) is 11.1 Å². The molecule has 0 saturated heterocycles. The van der Waals surface area contributed by atoms with Crippen LogP contribution in [-0.4, -0.2) is 29.6 Å². The lowest BCUT2D eigenvalue weighted by molar-refractivity contribution is -0.148. The SMILES string of the molecule is CCCOC(=O)c1c(-c2ccc(Br)cc2)csc1NC(=O)[C@H]1[C@@H]2CC[C@@H](C2)[C@@H]1C(=O)O. The second-order valence-electron chi connectivity index (χ2n) is 8.21. The fourth-order valence-corrected chi connectivity index (χ4v) is 6.21. The first-order chi connectivity index (χ1) is 14.9. The van der Waals surface area contributed by atoms with Crippen LogP contribution in [-0.2, 0) is 14.3 Å². The summed E-state index contributed by atoms with van der Waals surface area (Å²) >= 11 is 4.68. The summed E-state index contributed by atoms with van der Waals surface area (Å²) in [5, 5.41) is 14.8. The summed E-state index contributed by atoms with van der Waals surface area (Å²) in [7, 11) is 0. The molecular weight excluding hydrogens is 482 g/mol. The van der Waals surface area contributed by atoms with E-state index in [4.69, 9.17) is 4.74 Å². The highest BCUT2D eigenvalue weighted by Gasteiger charge is 2.54. The van der Waals surface area contributed by atoms with Gasteiger partial charge in [0.15, 0.2) is 0 Å². The van der Waals surface area contributed by atoms with E-state index >= 15 is 0 Å². The third kappa shape index (κ3) is 4.28. The number of aliphatic carboxylic acids is 1. The van der Waals surface area contributed by atoms with Crippen molar-refractivity contribution in [3.05, 3.63) is 39.7 Å². The van der Waals surface area contributed by atoms with E-state index in [-0.39, 0.29) is 24.3 Å². The largest absolute Gasteiger partial charge is 0.481 e. The number of rotatable bonds is 7. The number of halogens is 1. The molecular formula is C23H24BrNO5S. The van der Waals surface area contributed by atoms with Gasteiger partial charge >= 0.3 is 11.9 Å². The standard InChI is InChI=1S/C23H24BrNO5S/c1-2-9-30-23(29)19-16(12-5-7-15(24)8-6-12)11-31-21(19)25-20(26)17-13-3-4-14(10-13)18(17)22(27)28/h5-8,11,13-14,17-18H,2-4,9-10H2,1H3,(H,25,26)(H,27,28)/t13-,14+,17+,18+/m1/s1. The van der Waals surface area contributed by atoms with Gasteiger partial charge in [-0.2, -0.15) is 0 Å². The Morgan fingerprint density at radius 1 is 1.16 bits per heavy atom. The van der Waals surface area contributed by atoms with E-state index < -0.39 is 23.8 Å². The Balaban J connectivity index is 1.64. The summed E-state index contributed by atoms with van der Waals surface area (Å²) in [6.07, 6.45) is 3.23. The molecule has 0 unspecified atom stereocenters.